The van der Waals surface area contributed by atoms with E-state index in [0.717, 1.165) is 17.4 Å². The van der Waals surface area contributed by atoms with E-state index in [2.05, 4.69) is 27.8 Å². The van der Waals surface area contributed by atoms with Crippen LogP contribution in [0, 0.1) is 11.7 Å². The van der Waals surface area contributed by atoms with Crippen molar-refractivity contribution >= 4 is 15.9 Å². The summed E-state index contributed by atoms with van der Waals surface area (Å²) in [4.78, 5) is 2.12. The molecule has 1 aromatic carbocycles. The van der Waals surface area contributed by atoms with Gasteiger partial charge in [0.25, 0.3) is 0 Å². The number of rotatable bonds is 6. The quantitative estimate of drug-likeness (QED) is 0.875. The SMILES string of the molecule is CCC(CN)CN(C)Cc1cc(Br)ccc1F. The zero-order chi connectivity index (χ0) is 12.8. The molecule has 0 heterocycles. The molecule has 4 heteroatoms. The van der Waals surface area contributed by atoms with E-state index in [1.807, 2.05) is 13.1 Å². The molecule has 0 aliphatic carbocycles. The van der Waals surface area contributed by atoms with Crippen molar-refractivity contribution < 1.29 is 4.39 Å². The summed E-state index contributed by atoms with van der Waals surface area (Å²) in [5, 5.41) is 0. The molecule has 0 fully saturated rings. The van der Waals surface area contributed by atoms with E-state index < -0.39 is 0 Å². The van der Waals surface area contributed by atoms with Crippen molar-refractivity contribution in [1.82, 2.24) is 4.90 Å². The molecule has 2 N–H and O–H groups in total. The van der Waals surface area contributed by atoms with Gasteiger partial charge >= 0.3 is 0 Å². The van der Waals surface area contributed by atoms with Gasteiger partial charge < -0.3 is 10.6 Å². The minimum Gasteiger partial charge on any atom is -0.330 e. The second kappa shape index (κ2) is 7.09. The molecular weight excluding hydrogens is 283 g/mol. The maximum Gasteiger partial charge on any atom is 0.127 e. The van der Waals surface area contributed by atoms with E-state index in [0.29, 0.717) is 24.6 Å². The molecule has 0 saturated carbocycles. The lowest BCUT2D eigenvalue weighted by Crippen LogP contribution is -2.29. The van der Waals surface area contributed by atoms with Gasteiger partial charge in [0.05, 0.1) is 0 Å². The Bertz CT molecular complexity index is 353. The minimum absolute atomic E-state index is 0.152. The van der Waals surface area contributed by atoms with Crippen LogP contribution in [-0.4, -0.2) is 25.0 Å². The van der Waals surface area contributed by atoms with Crippen molar-refractivity contribution in [1.29, 1.82) is 0 Å². The molecule has 0 saturated heterocycles. The van der Waals surface area contributed by atoms with E-state index >= 15 is 0 Å². The van der Waals surface area contributed by atoms with Gasteiger partial charge in [-0.05, 0) is 37.7 Å². The molecule has 0 aliphatic rings. The summed E-state index contributed by atoms with van der Waals surface area (Å²) in [6, 6.07) is 5.04. The second-order valence-corrected chi connectivity index (χ2v) is 5.36. The number of benzene rings is 1. The zero-order valence-corrected chi connectivity index (χ0v) is 12.0. The number of hydrogen-bond donors (Lipinski definition) is 1. The molecule has 1 atom stereocenters. The van der Waals surface area contributed by atoms with E-state index in [1.165, 1.54) is 6.07 Å². The fourth-order valence-electron chi connectivity index (χ4n) is 1.83. The van der Waals surface area contributed by atoms with Crippen molar-refractivity contribution in [3.63, 3.8) is 0 Å². The summed E-state index contributed by atoms with van der Waals surface area (Å²) in [6.45, 7) is 4.33. The van der Waals surface area contributed by atoms with Gasteiger partial charge in [0.15, 0.2) is 0 Å². The van der Waals surface area contributed by atoms with Gasteiger partial charge in [-0.1, -0.05) is 29.3 Å². The molecule has 1 aromatic rings. The van der Waals surface area contributed by atoms with Crippen LogP contribution < -0.4 is 5.73 Å². The largest absolute Gasteiger partial charge is 0.330 e. The topological polar surface area (TPSA) is 29.3 Å². The van der Waals surface area contributed by atoms with Crippen LogP contribution in [0.4, 0.5) is 4.39 Å². The molecule has 0 spiro atoms. The Morgan fingerprint density at radius 2 is 2.18 bits per heavy atom. The lowest BCUT2D eigenvalue weighted by atomic mass is 10.1. The first-order chi connectivity index (χ1) is 8.06. The van der Waals surface area contributed by atoms with Gasteiger partial charge in [-0.3, -0.25) is 0 Å². The Kier molecular flexibility index (Phi) is 6.09. The molecule has 0 radical (unpaired) electrons. The maximum absolute atomic E-state index is 13.6. The Morgan fingerprint density at radius 3 is 2.76 bits per heavy atom. The summed E-state index contributed by atoms with van der Waals surface area (Å²) in [6.07, 6.45) is 1.06. The zero-order valence-electron chi connectivity index (χ0n) is 10.4. The van der Waals surface area contributed by atoms with Crippen LogP contribution in [0.2, 0.25) is 0 Å². The summed E-state index contributed by atoms with van der Waals surface area (Å²) in [7, 11) is 2.00. The standard InChI is InChI=1S/C13H20BrFN2/c1-3-10(7-16)8-17(2)9-11-6-12(14)4-5-13(11)15/h4-6,10H,3,7-9,16H2,1-2H3. The predicted molar refractivity (Wildman–Crippen MR) is 73.3 cm³/mol. The van der Waals surface area contributed by atoms with Crippen LogP contribution in [0.15, 0.2) is 22.7 Å². The second-order valence-electron chi connectivity index (χ2n) is 4.44. The highest BCUT2D eigenvalue weighted by Crippen LogP contribution is 2.17. The highest BCUT2D eigenvalue weighted by molar-refractivity contribution is 9.10. The Hall–Kier alpha value is -0.450. The smallest absolute Gasteiger partial charge is 0.127 e. The first-order valence-electron chi connectivity index (χ1n) is 5.89. The van der Waals surface area contributed by atoms with E-state index in [1.54, 1.807) is 6.07 Å². The summed E-state index contributed by atoms with van der Waals surface area (Å²) < 4.78 is 14.5. The fraction of sp³-hybridized carbons (Fsp3) is 0.538. The highest BCUT2D eigenvalue weighted by atomic mass is 79.9. The molecule has 96 valence electrons. The van der Waals surface area contributed by atoms with E-state index in [4.69, 9.17) is 5.73 Å². The number of nitrogens with two attached hydrogens (primary N) is 1. The summed E-state index contributed by atoms with van der Waals surface area (Å²) in [5.74, 6) is 0.330. The van der Waals surface area contributed by atoms with Crippen molar-refractivity contribution in [2.45, 2.75) is 19.9 Å². The van der Waals surface area contributed by atoms with Crippen molar-refractivity contribution in [2.24, 2.45) is 11.7 Å². The van der Waals surface area contributed by atoms with Crippen LogP contribution in [0.1, 0.15) is 18.9 Å². The minimum atomic E-state index is -0.152. The van der Waals surface area contributed by atoms with Crippen LogP contribution >= 0.6 is 15.9 Å². The third-order valence-corrected chi connectivity index (χ3v) is 3.42. The summed E-state index contributed by atoms with van der Waals surface area (Å²) in [5.41, 5.74) is 6.39. The lowest BCUT2D eigenvalue weighted by Gasteiger charge is -2.22. The van der Waals surface area contributed by atoms with Crippen molar-refractivity contribution in [3.05, 3.63) is 34.1 Å². The Morgan fingerprint density at radius 1 is 1.47 bits per heavy atom. The van der Waals surface area contributed by atoms with Crippen LogP contribution in [0.3, 0.4) is 0 Å². The van der Waals surface area contributed by atoms with E-state index in [-0.39, 0.29) is 5.82 Å². The summed E-state index contributed by atoms with van der Waals surface area (Å²) >= 11 is 3.36. The Balaban J connectivity index is 2.61. The van der Waals surface area contributed by atoms with Crippen LogP contribution in [0.25, 0.3) is 0 Å². The fourth-order valence-corrected chi connectivity index (χ4v) is 2.24. The van der Waals surface area contributed by atoms with Gasteiger partial charge in [-0.15, -0.1) is 0 Å². The third-order valence-electron chi connectivity index (χ3n) is 2.93. The first-order valence-corrected chi connectivity index (χ1v) is 6.68. The van der Waals surface area contributed by atoms with Crippen molar-refractivity contribution in [2.75, 3.05) is 20.1 Å². The van der Waals surface area contributed by atoms with Gasteiger partial charge in [0, 0.05) is 23.1 Å². The van der Waals surface area contributed by atoms with E-state index in [9.17, 15) is 4.39 Å². The Labute approximate surface area is 111 Å². The monoisotopic (exact) mass is 302 g/mol. The van der Waals surface area contributed by atoms with Gasteiger partial charge in [-0.25, -0.2) is 4.39 Å². The maximum atomic E-state index is 13.6. The van der Waals surface area contributed by atoms with Crippen molar-refractivity contribution in [3.8, 4) is 0 Å². The highest BCUT2D eigenvalue weighted by Gasteiger charge is 2.10. The molecule has 0 aromatic heterocycles. The van der Waals surface area contributed by atoms with Gasteiger partial charge in [0.2, 0.25) is 0 Å². The predicted octanol–water partition coefficient (Wildman–Crippen LogP) is 3.00. The molecule has 0 aliphatic heterocycles. The first kappa shape index (κ1) is 14.6. The third kappa shape index (κ3) is 4.74. The number of nitrogens with zero attached hydrogens (tertiary/aromatic N) is 1. The molecular formula is C13H20BrFN2. The average Bonchev–Trinajstić information content (AvgIpc) is 2.31. The van der Waals surface area contributed by atoms with Crippen LogP contribution in [-0.2, 0) is 6.54 Å². The normalized spacial score (nSPS) is 13.1. The number of hydrogen-bond acceptors (Lipinski definition) is 2. The number of halogens is 2. The molecule has 0 bridgehead atoms. The molecule has 1 unspecified atom stereocenters. The lowest BCUT2D eigenvalue weighted by molar-refractivity contribution is 0.264. The molecule has 2 nitrogen and oxygen atoms in total. The van der Waals surface area contributed by atoms with Gasteiger partial charge in [-0.2, -0.15) is 0 Å². The van der Waals surface area contributed by atoms with Crippen LogP contribution in [0.5, 0.6) is 0 Å². The average molecular weight is 303 g/mol. The molecule has 1 rings (SSSR count). The molecule has 17 heavy (non-hydrogen) atoms. The molecule has 0 amide bonds. The van der Waals surface area contributed by atoms with Gasteiger partial charge in [0.1, 0.15) is 5.82 Å².